The van der Waals surface area contributed by atoms with E-state index in [0.717, 1.165) is 16.0 Å². The Bertz CT molecular complexity index is 728. The van der Waals surface area contributed by atoms with E-state index in [2.05, 4.69) is 10.6 Å². The quantitative estimate of drug-likeness (QED) is 0.802. The lowest BCUT2D eigenvalue weighted by molar-refractivity contribution is 0.0991. The summed E-state index contributed by atoms with van der Waals surface area (Å²) in [4.78, 5) is 24.8. The summed E-state index contributed by atoms with van der Waals surface area (Å²) in [5.74, 6) is -0.525. The summed E-state index contributed by atoms with van der Waals surface area (Å²) in [6.07, 6.45) is 0.636. The minimum atomic E-state index is -0.525. The van der Waals surface area contributed by atoms with Crippen LogP contribution in [0, 0.1) is 0 Å². The zero-order valence-corrected chi connectivity index (χ0v) is 13.2. The Hall–Kier alpha value is -2.38. The maximum absolute atomic E-state index is 12.1. The van der Waals surface area contributed by atoms with Gasteiger partial charge in [0.05, 0.1) is 18.8 Å². The van der Waals surface area contributed by atoms with Crippen LogP contribution >= 0.6 is 11.3 Å². The van der Waals surface area contributed by atoms with E-state index in [-0.39, 0.29) is 6.03 Å². The molecule has 0 saturated heterocycles. The minimum absolute atomic E-state index is 0.365. The molecule has 1 aliphatic heterocycles. The highest BCUT2D eigenvalue weighted by atomic mass is 32.1. The first-order valence-corrected chi connectivity index (χ1v) is 8.07. The van der Waals surface area contributed by atoms with Crippen molar-refractivity contribution in [3.05, 3.63) is 51.9 Å². The first-order valence-electron chi connectivity index (χ1n) is 7.26. The van der Waals surface area contributed by atoms with Crippen LogP contribution in [0.2, 0.25) is 0 Å². The molecule has 2 aromatic rings. The number of anilines is 1. The van der Waals surface area contributed by atoms with E-state index < -0.39 is 5.91 Å². The fraction of sp³-hybridized carbons (Fsp3) is 0.250. The van der Waals surface area contributed by atoms with E-state index in [4.69, 9.17) is 10.5 Å². The van der Waals surface area contributed by atoms with E-state index >= 15 is 0 Å². The van der Waals surface area contributed by atoms with Gasteiger partial charge in [-0.25, -0.2) is 4.79 Å². The number of thiophene rings is 1. The summed E-state index contributed by atoms with van der Waals surface area (Å²) < 4.78 is 5.38. The van der Waals surface area contributed by atoms with Gasteiger partial charge in [0.25, 0.3) is 5.91 Å². The Kier molecular flexibility index (Phi) is 4.59. The Morgan fingerprint density at radius 2 is 2.04 bits per heavy atom. The van der Waals surface area contributed by atoms with E-state index in [9.17, 15) is 9.59 Å². The molecule has 23 heavy (non-hydrogen) atoms. The molecule has 0 saturated carbocycles. The summed E-state index contributed by atoms with van der Waals surface area (Å²) in [6, 6.07) is 9.23. The number of ether oxygens (including phenoxy) is 1. The SMILES string of the molecule is NC(=O)c1c(NC(=O)NCc2ccccc2)sc2c1CCOC2. The molecule has 1 aromatic carbocycles. The van der Waals surface area contributed by atoms with Crippen molar-refractivity contribution in [1.29, 1.82) is 0 Å². The molecule has 3 rings (SSSR count). The highest BCUT2D eigenvalue weighted by Gasteiger charge is 2.25. The van der Waals surface area contributed by atoms with Crippen LogP contribution in [-0.2, 0) is 24.3 Å². The first-order chi connectivity index (χ1) is 11.1. The van der Waals surface area contributed by atoms with Crippen LogP contribution < -0.4 is 16.4 Å². The molecular formula is C16H17N3O3S. The Morgan fingerprint density at radius 1 is 1.26 bits per heavy atom. The third-order valence-corrected chi connectivity index (χ3v) is 4.71. The minimum Gasteiger partial charge on any atom is -0.376 e. The van der Waals surface area contributed by atoms with Gasteiger partial charge < -0.3 is 15.8 Å². The molecule has 3 amide bonds. The molecule has 0 spiro atoms. The molecule has 120 valence electrons. The van der Waals surface area contributed by atoms with Crippen LogP contribution in [0.3, 0.4) is 0 Å². The molecule has 4 N–H and O–H groups in total. The molecule has 0 bridgehead atoms. The number of fused-ring (bicyclic) bond motifs is 1. The summed E-state index contributed by atoms with van der Waals surface area (Å²) >= 11 is 1.34. The van der Waals surface area contributed by atoms with Crippen LogP contribution in [0.5, 0.6) is 0 Å². The van der Waals surface area contributed by atoms with Gasteiger partial charge >= 0.3 is 6.03 Å². The van der Waals surface area contributed by atoms with E-state index in [0.29, 0.717) is 36.7 Å². The molecule has 0 radical (unpaired) electrons. The molecule has 0 aliphatic carbocycles. The maximum atomic E-state index is 12.1. The summed E-state index contributed by atoms with van der Waals surface area (Å²) in [6.45, 7) is 1.42. The van der Waals surface area contributed by atoms with E-state index in [1.807, 2.05) is 30.3 Å². The molecule has 0 fully saturated rings. The average molecular weight is 331 g/mol. The van der Waals surface area contributed by atoms with Gasteiger partial charge in [0.15, 0.2) is 0 Å². The van der Waals surface area contributed by atoms with Gasteiger partial charge in [-0.3, -0.25) is 10.1 Å². The van der Waals surface area contributed by atoms with Gasteiger partial charge in [-0.05, 0) is 17.5 Å². The standard InChI is InChI=1S/C16H17N3O3S/c17-14(20)13-11-6-7-22-9-12(11)23-15(13)19-16(21)18-8-10-4-2-1-3-5-10/h1-5H,6-9H2,(H2,17,20)(H2,18,19,21). The number of carbonyl (C=O) groups is 2. The zero-order chi connectivity index (χ0) is 16.2. The lowest BCUT2D eigenvalue weighted by Crippen LogP contribution is -2.29. The smallest absolute Gasteiger partial charge is 0.320 e. The van der Waals surface area contributed by atoms with Gasteiger partial charge in [-0.2, -0.15) is 0 Å². The predicted octanol–water partition coefficient (Wildman–Crippen LogP) is 2.24. The third kappa shape index (κ3) is 3.52. The number of rotatable bonds is 4. The maximum Gasteiger partial charge on any atom is 0.320 e. The molecule has 2 heterocycles. The molecular weight excluding hydrogens is 314 g/mol. The van der Waals surface area contributed by atoms with Gasteiger partial charge in [-0.15, -0.1) is 11.3 Å². The summed E-state index contributed by atoms with van der Waals surface area (Å²) in [5.41, 5.74) is 7.78. The highest BCUT2D eigenvalue weighted by molar-refractivity contribution is 7.17. The number of urea groups is 1. The van der Waals surface area contributed by atoms with Crippen molar-refractivity contribution in [2.75, 3.05) is 11.9 Å². The number of benzene rings is 1. The van der Waals surface area contributed by atoms with E-state index in [1.54, 1.807) is 0 Å². The zero-order valence-electron chi connectivity index (χ0n) is 12.4. The largest absolute Gasteiger partial charge is 0.376 e. The topological polar surface area (TPSA) is 93.5 Å². The number of hydrogen-bond acceptors (Lipinski definition) is 4. The average Bonchev–Trinajstić information content (AvgIpc) is 2.91. The van der Waals surface area contributed by atoms with Gasteiger partial charge in [-0.1, -0.05) is 30.3 Å². The number of nitrogens with two attached hydrogens (primary N) is 1. The van der Waals surface area contributed by atoms with Crippen molar-refractivity contribution in [3.63, 3.8) is 0 Å². The second-order valence-electron chi connectivity index (χ2n) is 5.17. The number of hydrogen-bond donors (Lipinski definition) is 3. The van der Waals surface area contributed by atoms with E-state index in [1.165, 1.54) is 11.3 Å². The second kappa shape index (κ2) is 6.80. The van der Waals surface area contributed by atoms with Crippen LogP contribution in [0.4, 0.5) is 9.80 Å². The van der Waals surface area contributed by atoms with Crippen molar-refractivity contribution < 1.29 is 14.3 Å². The van der Waals surface area contributed by atoms with Gasteiger partial charge in [0, 0.05) is 11.4 Å². The Labute approximate surface area is 137 Å². The molecule has 0 atom stereocenters. The van der Waals surface area contributed by atoms with Crippen LogP contribution in [0.15, 0.2) is 30.3 Å². The first kappa shape index (κ1) is 15.5. The van der Waals surface area contributed by atoms with Gasteiger partial charge in [0.1, 0.15) is 5.00 Å². The normalized spacial score (nSPS) is 13.2. The van der Waals surface area contributed by atoms with Crippen LogP contribution in [0.1, 0.15) is 26.4 Å². The number of primary amides is 1. The van der Waals surface area contributed by atoms with Crippen molar-refractivity contribution in [2.45, 2.75) is 19.6 Å². The van der Waals surface area contributed by atoms with Crippen LogP contribution in [-0.4, -0.2) is 18.5 Å². The fourth-order valence-electron chi connectivity index (χ4n) is 2.51. The molecule has 0 unspecified atom stereocenters. The van der Waals surface area contributed by atoms with Gasteiger partial charge in [0.2, 0.25) is 0 Å². The number of amides is 3. The number of nitrogens with one attached hydrogen (secondary N) is 2. The lowest BCUT2D eigenvalue weighted by Gasteiger charge is -2.12. The Morgan fingerprint density at radius 3 is 2.78 bits per heavy atom. The number of carbonyl (C=O) groups excluding carboxylic acids is 2. The monoisotopic (exact) mass is 331 g/mol. The molecule has 1 aliphatic rings. The van der Waals surface area contributed by atoms with Crippen molar-refractivity contribution >= 4 is 28.3 Å². The highest BCUT2D eigenvalue weighted by Crippen LogP contribution is 2.36. The Balaban J connectivity index is 1.71. The van der Waals surface area contributed by atoms with Crippen molar-refractivity contribution in [1.82, 2.24) is 5.32 Å². The summed E-state index contributed by atoms with van der Waals surface area (Å²) in [5, 5.41) is 5.98. The lowest BCUT2D eigenvalue weighted by atomic mass is 10.1. The fourth-order valence-corrected chi connectivity index (χ4v) is 3.69. The molecule has 7 heteroatoms. The molecule has 6 nitrogen and oxygen atoms in total. The van der Waals surface area contributed by atoms with Crippen molar-refractivity contribution in [3.8, 4) is 0 Å². The summed E-state index contributed by atoms with van der Waals surface area (Å²) in [7, 11) is 0. The second-order valence-corrected chi connectivity index (χ2v) is 6.27. The van der Waals surface area contributed by atoms with Crippen LogP contribution in [0.25, 0.3) is 0 Å². The third-order valence-electron chi connectivity index (χ3n) is 3.59. The van der Waals surface area contributed by atoms with Crippen molar-refractivity contribution in [2.24, 2.45) is 5.73 Å². The molecule has 1 aromatic heterocycles. The predicted molar refractivity (Wildman–Crippen MR) is 88.5 cm³/mol.